The van der Waals surface area contributed by atoms with Crippen LogP contribution in [-0.4, -0.2) is 19.3 Å². The molecule has 1 saturated heterocycles. The molecular formula is C7H10F3N. The van der Waals surface area contributed by atoms with Gasteiger partial charge in [0.05, 0.1) is 5.92 Å². The molecule has 1 aliphatic heterocycles. The predicted octanol–water partition coefficient (Wildman–Crippen LogP) is 1.40. The van der Waals surface area contributed by atoms with Crippen molar-refractivity contribution in [3.8, 4) is 0 Å². The molecule has 3 unspecified atom stereocenters. The first kappa shape index (κ1) is 7.40. The van der Waals surface area contributed by atoms with E-state index in [-0.39, 0.29) is 5.92 Å². The molecule has 0 spiro atoms. The number of hydrogen-bond acceptors (Lipinski definition) is 1. The first-order valence-corrected chi connectivity index (χ1v) is 3.86. The lowest BCUT2D eigenvalue weighted by molar-refractivity contribution is -0.220. The van der Waals surface area contributed by atoms with Crippen molar-refractivity contribution in [1.29, 1.82) is 0 Å². The summed E-state index contributed by atoms with van der Waals surface area (Å²) in [6.07, 6.45) is -3.60. The minimum Gasteiger partial charge on any atom is -0.316 e. The maximum atomic E-state index is 12.1. The summed E-state index contributed by atoms with van der Waals surface area (Å²) in [6.45, 7) is 1.35. The molecule has 1 N–H and O–H groups in total. The fraction of sp³-hybridized carbons (Fsp3) is 1.00. The molecular weight excluding hydrogens is 155 g/mol. The van der Waals surface area contributed by atoms with Gasteiger partial charge >= 0.3 is 6.18 Å². The maximum absolute atomic E-state index is 12.1. The SMILES string of the molecule is FC(F)(F)C1CC2CNCC21. The van der Waals surface area contributed by atoms with E-state index in [4.69, 9.17) is 0 Å². The fourth-order valence-electron chi connectivity index (χ4n) is 2.16. The van der Waals surface area contributed by atoms with Crippen LogP contribution in [0.4, 0.5) is 13.2 Å². The number of fused-ring (bicyclic) bond motifs is 1. The van der Waals surface area contributed by atoms with E-state index in [0.717, 1.165) is 6.54 Å². The summed E-state index contributed by atoms with van der Waals surface area (Å²) in [6, 6.07) is 0. The average molecular weight is 165 g/mol. The summed E-state index contributed by atoms with van der Waals surface area (Å²) < 4.78 is 36.3. The van der Waals surface area contributed by atoms with Crippen molar-refractivity contribution in [3.05, 3.63) is 0 Å². The first-order valence-electron chi connectivity index (χ1n) is 3.86. The van der Waals surface area contributed by atoms with E-state index in [2.05, 4.69) is 5.32 Å². The highest BCUT2D eigenvalue weighted by molar-refractivity contribution is 4.98. The van der Waals surface area contributed by atoms with Crippen LogP contribution in [0.3, 0.4) is 0 Å². The third-order valence-electron chi connectivity index (χ3n) is 2.89. The molecule has 64 valence electrons. The summed E-state index contributed by atoms with van der Waals surface area (Å²) in [5, 5.41) is 2.99. The van der Waals surface area contributed by atoms with Crippen LogP contribution in [0.25, 0.3) is 0 Å². The lowest BCUT2D eigenvalue weighted by Gasteiger charge is -2.40. The third kappa shape index (κ3) is 1.04. The highest BCUT2D eigenvalue weighted by Crippen LogP contribution is 2.50. The van der Waals surface area contributed by atoms with Gasteiger partial charge in [-0.2, -0.15) is 13.2 Å². The molecule has 1 nitrogen and oxygen atoms in total. The Labute approximate surface area is 63.0 Å². The predicted molar refractivity (Wildman–Crippen MR) is 34.0 cm³/mol. The van der Waals surface area contributed by atoms with E-state index >= 15 is 0 Å². The van der Waals surface area contributed by atoms with Gasteiger partial charge in [-0.15, -0.1) is 0 Å². The Balaban J connectivity index is 2.00. The number of alkyl halides is 3. The van der Waals surface area contributed by atoms with Gasteiger partial charge in [-0.25, -0.2) is 0 Å². The second-order valence-electron chi connectivity index (χ2n) is 3.47. The zero-order chi connectivity index (χ0) is 8.06. The summed E-state index contributed by atoms with van der Waals surface area (Å²) >= 11 is 0. The number of hydrogen-bond donors (Lipinski definition) is 1. The van der Waals surface area contributed by atoms with Gasteiger partial charge in [-0.05, 0) is 31.3 Å². The Morgan fingerprint density at radius 2 is 1.91 bits per heavy atom. The van der Waals surface area contributed by atoms with Crippen molar-refractivity contribution in [2.45, 2.75) is 12.6 Å². The Kier molecular flexibility index (Phi) is 1.43. The van der Waals surface area contributed by atoms with Crippen molar-refractivity contribution in [2.24, 2.45) is 17.8 Å². The van der Waals surface area contributed by atoms with E-state index in [9.17, 15) is 13.2 Å². The van der Waals surface area contributed by atoms with E-state index < -0.39 is 12.1 Å². The van der Waals surface area contributed by atoms with Crippen molar-refractivity contribution >= 4 is 0 Å². The lowest BCUT2D eigenvalue weighted by atomic mass is 9.66. The van der Waals surface area contributed by atoms with Gasteiger partial charge in [0.15, 0.2) is 0 Å². The monoisotopic (exact) mass is 165 g/mol. The average Bonchev–Trinajstić information content (AvgIpc) is 2.08. The van der Waals surface area contributed by atoms with Crippen molar-refractivity contribution in [1.82, 2.24) is 5.32 Å². The minimum atomic E-state index is -3.95. The van der Waals surface area contributed by atoms with E-state index in [1.807, 2.05) is 0 Å². The molecule has 2 fully saturated rings. The van der Waals surface area contributed by atoms with Gasteiger partial charge < -0.3 is 5.32 Å². The number of halogens is 3. The molecule has 0 aromatic carbocycles. The van der Waals surface area contributed by atoms with Crippen LogP contribution in [-0.2, 0) is 0 Å². The highest BCUT2D eigenvalue weighted by Gasteiger charge is 2.56. The van der Waals surface area contributed by atoms with Crippen LogP contribution in [0, 0.1) is 17.8 Å². The highest BCUT2D eigenvalue weighted by atomic mass is 19.4. The van der Waals surface area contributed by atoms with Gasteiger partial charge in [0.1, 0.15) is 0 Å². The number of rotatable bonds is 0. The van der Waals surface area contributed by atoms with Gasteiger partial charge in [-0.3, -0.25) is 0 Å². The van der Waals surface area contributed by atoms with Gasteiger partial charge in [0.25, 0.3) is 0 Å². The minimum absolute atomic E-state index is 0.116. The fourth-order valence-corrected chi connectivity index (χ4v) is 2.16. The topological polar surface area (TPSA) is 12.0 Å². The molecule has 0 bridgehead atoms. The van der Waals surface area contributed by atoms with Gasteiger partial charge in [-0.1, -0.05) is 0 Å². The molecule has 0 amide bonds. The molecule has 0 aromatic heterocycles. The van der Waals surface area contributed by atoms with Crippen molar-refractivity contribution in [2.75, 3.05) is 13.1 Å². The Hall–Kier alpha value is -0.250. The van der Waals surface area contributed by atoms with Crippen LogP contribution >= 0.6 is 0 Å². The van der Waals surface area contributed by atoms with E-state index in [0.29, 0.717) is 18.9 Å². The molecule has 2 aliphatic rings. The van der Waals surface area contributed by atoms with Crippen molar-refractivity contribution in [3.63, 3.8) is 0 Å². The summed E-state index contributed by atoms with van der Waals surface area (Å²) in [7, 11) is 0. The molecule has 0 aromatic rings. The van der Waals surface area contributed by atoms with Crippen LogP contribution in [0.1, 0.15) is 6.42 Å². The standard InChI is InChI=1S/C7H10F3N/c8-7(9,10)6-1-4-2-11-3-5(4)6/h4-6,11H,1-3H2. The molecule has 0 radical (unpaired) electrons. The van der Waals surface area contributed by atoms with Gasteiger partial charge in [0.2, 0.25) is 0 Å². The Morgan fingerprint density at radius 1 is 1.18 bits per heavy atom. The van der Waals surface area contributed by atoms with E-state index in [1.165, 1.54) is 0 Å². The van der Waals surface area contributed by atoms with Crippen LogP contribution in [0.5, 0.6) is 0 Å². The van der Waals surface area contributed by atoms with Crippen LogP contribution in [0.15, 0.2) is 0 Å². The molecule has 1 aliphatic carbocycles. The van der Waals surface area contributed by atoms with Crippen LogP contribution in [0.2, 0.25) is 0 Å². The van der Waals surface area contributed by atoms with Crippen molar-refractivity contribution < 1.29 is 13.2 Å². The lowest BCUT2D eigenvalue weighted by Crippen LogP contribution is -2.44. The maximum Gasteiger partial charge on any atom is 0.392 e. The summed E-state index contributed by atoms with van der Waals surface area (Å²) in [5.74, 6) is -0.820. The Morgan fingerprint density at radius 3 is 2.45 bits per heavy atom. The van der Waals surface area contributed by atoms with Crippen LogP contribution < -0.4 is 5.32 Å². The largest absolute Gasteiger partial charge is 0.392 e. The molecule has 1 heterocycles. The second-order valence-corrected chi connectivity index (χ2v) is 3.47. The molecule has 3 atom stereocenters. The summed E-state index contributed by atoms with van der Waals surface area (Å²) in [5.41, 5.74) is 0. The number of nitrogens with one attached hydrogen (secondary N) is 1. The molecule has 4 heteroatoms. The van der Waals surface area contributed by atoms with Gasteiger partial charge in [0, 0.05) is 0 Å². The smallest absolute Gasteiger partial charge is 0.316 e. The zero-order valence-corrected chi connectivity index (χ0v) is 5.99. The molecule has 2 rings (SSSR count). The first-order chi connectivity index (χ1) is 5.09. The summed E-state index contributed by atoms with van der Waals surface area (Å²) in [4.78, 5) is 0. The molecule has 11 heavy (non-hydrogen) atoms. The third-order valence-corrected chi connectivity index (χ3v) is 2.89. The quantitative estimate of drug-likeness (QED) is 0.572. The normalized spacial score (nSPS) is 43.4. The van der Waals surface area contributed by atoms with E-state index in [1.54, 1.807) is 0 Å². The zero-order valence-electron chi connectivity index (χ0n) is 5.99. The second kappa shape index (κ2) is 2.12. The molecule has 1 saturated carbocycles. The Bertz CT molecular complexity index is 166.